The van der Waals surface area contributed by atoms with Gasteiger partial charge in [-0.25, -0.2) is 10.1 Å². The molecule has 2 aromatic heterocycles. The van der Waals surface area contributed by atoms with E-state index in [4.69, 9.17) is 9.47 Å². The molecule has 0 saturated heterocycles. The van der Waals surface area contributed by atoms with Gasteiger partial charge in [0.05, 0.1) is 43.3 Å². The monoisotopic (exact) mass is 567 g/mol. The lowest BCUT2D eigenvalue weighted by Crippen LogP contribution is -2.20. The number of methoxy groups -OCH3 is 2. The molecular weight excluding hydrogens is 538 g/mol. The van der Waals surface area contributed by atoms with Crippen molar-refractivity contribution in [3.8, 4) is 34.3 Å². The van der Waals surface area contributed by atoms with Gasteiger partial charge in [0.15, 0.2) is 22.5 Å². The highest BCUT2D eigenvalue weighted by Gasteiger charge is 2.19. The average molecular weight is 568 g/mol. The molecule has 1 N–H and O–H groups in total. The molecule has 1 amide bonds. The molecule has 0 atom stereocenters. The first-order valence-corrected chi connectivity index (χ1v) is 13.8. The molecule has 10 nitrogen and oxygen atoms in total. The molecule has 0 aliphatic heterocycles. The van der Waals surface area contributed by atoms with E-state index in [1.807, 2.05) is 102 Å². The molecule has 208 valence electrons. The van der Waals surface area contributed by atoms with Crippen LogP contribution in [-0.2, 0) is 4.79 Å². The molecule has 0 aliphatic carbocycles. The Balaban J connectivity index is 1.32. The maximum Gasteiger partial charge on any atom is 0.250 e. The molecule has 0 unspecified atom stereocenters. The van der Waals surface area contributed by atoms with Crippen LogP contribution in [0.5, 0.6) is 11.5 Å². The molecule has 41 heavy (non-hydrogen) atoms. The Morgan fingerprint density at radius 2 is 1.61 bits per heavy atom. The van der Waals surface area contributed by atoms with Crippen LogP contribution in [0.2, 0.25) is 0 Å². The molecule has 0 aliphatic rings. The molecular formula is C30H29N7O3S. The number of amides is 1. The summed E-state index contributed by atoms with van der Waals surface area (Å²) in [5, 5.41) is 18.2. The zero-order valence-corrected chi connectivity index (χ0v) is 23.9. The lowest BCUT2D eigenvalue weighted by Gasteiger charge is -2.12. The van der Waals surface area contributed by atoms with Gasteiger partial charge in [-0.3, -0.25) is 9.36 Å². The summed E-state index contributed by atoms with van der Waals surface area (Å²) in [6.07, 6.45) is 1.63. The summed E-state index contributed by atoms with van der Waals surface area (Å²) in [7, 11) is 3.18. The van der Waals surface area contributed by atoms with Gasteiger partial charge >= 0.3 is 0 Å². The number of aromatic nitrogens is 5. The lowest BCUT2D eigenvalue weighted by atomic mass is 10.2. The summed E-state index contributed by atoms with van der Waals surface area (Å²) >= 11 is 1.27. The first kappa shape index (κ1) is 27.7. The van der Waals surface area contributed by atoms with Gasteiger partial charge in [-0.05, 0) is 56.3 Å². The average Bonchev–Trinajstić information content (AvgIpc) is 3.57. The minimum Gasteiger partial charge on any atom is -0.493 e. The van der Waals surface area contributed by atoms with Gasteiger partial charge in [0.25, 0.3) is 5.91 Å². The molecule has 0 fully saturated rings. The van der Waals surface area contributed by atoms with Crippen molar-refractivity contribution in [3.05, 3.63) is 95.8 Å². The molecule has 5 aromatic rings. The van der Waals surface area contributed by atoms with Crippen LogP contribution in [0.3, 0.4) is 0 Å². The quantitative estimate of drug-likeness (QED) is 0.144. The molecule has 3 aromatic carbocycles. The minimum absolute atomic E-state index is 0.0927. The SMILES string of the molecule is COc1ccc(-c2nnc(SCC(=O)N/N=C\c3c(C)nn(-c4ccccc4)c3C)n2-c2ccccc2)cc1OC. The van der Waals surface area contributed by atoms with Gasteiger partial charge in [-0.1, -0.05) is 48.2 Å². The number of thioether (sulfide) groups is 1. The van der Waals surface area contributed by atoms with Gasteiger partial charge in [0, 0.05) is 16.8 Å². The number of carbonyl (C=O) groups is 1. The van der Waals surface area contributed by atoms with Gasteiger partial charge < -0.3 is 9.47 Å². The Morgan fingerprint density at radius 1 is 0.927 bits per heavy atom. The Bertz CT molecular complexity index is 1680. The lowest BCUT2D eigenvalue weighted by molar-refractivity contribution is -0.118. The number of ether oxygens (including phenoxy) is 2. The molecule has 5 rings (SSSR count). The van der Waals surface area contributed by atoms with Crippen LogP contribution in [-0.4, -0.2) is 56.6 Å². The Hall–Kier alpha value is -4.90. The standard InChI is InChI=1S/C30H29N7O3S/c1-20-25(21(2)37(35-20)24-13-9-6-10-14-24)18-31-32-28(38)19-41-30-34-33-29(36(30)23-11-7-5-8-12-23)22-15-16-26(39-3)27(17-22)40-4/h5-18H,19H2,1-4H3,(H,32,38)/b31-18-. The Labute approximate surface area is 242 Å². The maximum atomic E-state index is 12.7. The number of hydrogen-bond acceptors (Lipinski definition) is 8. The normalized spacial score (nSPS) is 11.1. The topological polar surface area (TPSA) is 108 Å². The van der Waals surface area contributed by atoms with E-state index in [1.165, 1.54) is 11.8 Å². The maximum absolute atomic E-state index is 12.7. The zero-order chi connectivity index (χ0) is 28.8. The third-order valence-electron chi connectivity index (χ3n) is 6.35. The molecule has 0 saturated carbocycles. The number of nitrogens with zero attached hydrogens (tertiary/aromatic N) is 6. The summed E-state index contributed by atoms with van der Waals surface area (Å²) in [5.74, 6) is 1.63. The second kappa shape index (κ2) is 12.5. The minimum atomic E-state index is -0.271. The molecule has 0 radical (unpaired) electrons. The van der Waals surface area contributed by atoms with Crippen molar-refractivity contribution in [2.24, 2.45) is 5.10 Å². The van der Waals surface area contributed by atoms with Crippen LogP contribution >= 0.6 is 11.8 Å². The van der Waals surface area contributed by atoms with Crippen molar-refractivity contribution in [2.75, 3.05) is 20.0 Å². The predicted molar refractivity (Wildman–Crippen MR) is 159 cm³/mol. The van der Waals surface area contributed by atoms with E-state index in [9.17, 15) is 4.79 Å². The fraction of sp³-hybridized carbons (Fsp3) is 0.167. The number of carbonyl (C=O) groups excluding carboxylic acids is 1. The van der Waals surface area contributed by atoms with Crippen LogP contribution in [0, 0.1) is 13.8 Å². The molecule has 2 heterocycles. The summed E-state index contributed by atoms with van der Waals surface area (Å²) in [6.45, 7) is 3.89. The summed E-state index contributed by atoms with van der Waals surface area (Å²) in [4.78, 5) is 12.7. The number of hydrogen-bond donors (Lipinski definition) is 1. The van der Waals surface area contributed by atoms with E-state index in [2.05, 4.69) is 25.8 Å². The predicted octanol–water partition coefficient (Wildman–Crippen LogP) is 5.00. The molecule has 0 spiro atoms. The van der Waals surface area contributed by atoms with E-state index in [0.717, 1.165) is 33.9 Å². The van der Waals surface area contributed by atoms with Crippen molar-refractivity contribution in [3.63, 3.8) is 0 Å². The van der Waals surface area contributed by atoms with E-state index < -0.39 is 0 Å². The fourth-order valence-corrected chi connectivity index (χ4v) is 5.07. The number of benzene rings is 3. The first-order chi connectivity index (χ1) is 20.0. The van der Waals surface area contributed by atoms with Crippen molar-refractivity contribution < 1.29 is 14.3 Å². The Kier molecular flexibility index (Phi) is 8.44. The second-order valence-electron chi connectivity index (χ2n) is 8.96. The largest absolute Gasteiger partial charge is 0.493 e. The van der Waals surface area contributed by atoms with Gasteiger partial charge in [-0.15, -0.1) is 10.2 Å². The fourth-order valence-electron chi connectivity index (χ4n) is 4.33. The summed E-state index contributed by atoms with van der Waals surface area (Å²) < 4.78 is 14.6. The van der Waals surface area contributed by atoms with Crippen LogP contribution in [0.1, 0.15) is 17.0 Å². The van der Waals surface area contributed by atoms with Crippen LogP contribution in [0.4, 0.5) is 0 Å². The van der Waals surface area contributed by atoms with E-state index in [-0.39, 0.29) is 11.7 Å². The van der Waals surface area contributed by atoms with E-state index >= 15 is 0 Å². The van der Waals surface area contributed by atoms with Crippen LogP contribution in [0.25, 0.3) is 22.8 Å². The van der Waals surface area contributed by atoms with E-state index in [0.29, 0.717) is 22.5 Å². The highest BCUT2D eigenvalue weighted by atomic mass is 32.2. The van der Waals surface area contributed by atoms with Gasteiger partial charge in [0.1, 0.15) is 0 Å². The number of para-hydroxylation sites is 2. The van der Waals surface area contributed by atoms with Crippen molar-refractivity contribution in [1.29, 1.82) is 0 Å². The van der Waals surface area contributed by atoms with Gasteiger partial charge in [-0.2, -0.15) is 10.2 Å². The zero-order valence-electron chi connectivity index (χ0n) is 23.1. The summed E-state index contributed by atoms with van der Waals surface area (Å²) in [5.41, 5.74) is 7.83. The number of hydrazone groups is 1. The third kappa shape index (κ3) is 5.99. The second-order valence-corrected chi connectivity index (χ2v) is 9.90. The van der Waals surface area contributed by atoms with E-state index in [1.54, 1.807) is 20.4 Å². The number of nitrogens with one attached hydrogen (secondary N) is 1. The third-order valence-corrected chi connectivity index (χ3v) is 7.28. The van der Waals surface area contributed by atoms with Crippen molar-refractivity contribution in [2.45, 2.75) is 19.0 Å². The smallest absolute Gasteiger partial charge is 0.250 e. The summed E-state index contributed by atoms with van der Waals surface area (Å²) in [6, 6.07) is 25.2. The molecule has 0 bridgehead atoms. The highest BCUT2D eigenvalue weighted by Crippen LogP contribution is 2.34. The highest BCUT2D eigenvalue weighted by molar-refractivity contribution is 7.99. The molecule has 11 heteroatoms. The number of rotatable bonds is 10. The van der Waals surface area contributed by atoms with Crippen molar-refractivity contribution in [1.82, 2.24) is 30.0 Å². The van der Waals surface area contributed by atoms with Crippen LogP contribution < -0.4 is 14.9 Å². The Morgan fingerprint density at radius 3 is 2.29 bits per heavy atom. The number of aryl methyl sites for hydroxylation is 1. The first-order valence-electron chi connectivity index (χ1n) is 12.8. The van der Waals surface area contributed by atoms with Gasteiger partial charge in [0.2, 0.25) is 0 Å². The van der Waals surface area contributed by atoms with Crippen molar-refractivity contribution >= 4 is 23.9 Å². The van der Waals surface area contributed by atoms with Crippen LogP contribution in [0.15, 0.2) is 89.1 Å².